The third kappa shape index (κ3) is 5.04. The van der Waals surface area contributed by atoms with Gasteiger partial charge in [0.2, 0.25) is 0 Å². The molecule has 98 valence electrons. The second kappa shape index (κ2) is 5.35. The van der Waals surface area contributed by atoms with E-state index >= 15 is 0 Å². The van der Waals surface area contributed by atoms with E-state index in [0.717, 1.165) is 0 Å². The number of carbonyl (C=O) groups is 2. The Bertz CT molecular complexity index is 297. The van der Waals surface area contributed by atoms with Crippen LogP contribution in [0.25, 0.3) is 0 Å². The first-order valence-electron chi connectivity index (χ1n) is 5.62. The van der Waals surface area contributed by atoms with Crippen LogP contribution in [0.2, 0.25) is 0 Å². The highest BCUT2D eigenvalue weighted by molar-refractivity contribution is 5.73. The molecule has 1 rings (SSSR count). The molecule has 1 aliphatic rings. The van der Waals surface area contributed by atoms with Crippen molar-refractivity contribution >= 4 is 12.1 Å². The smallest absolute Gasteiger partial charge is 0.407 e. The predicted molar refractivity (Wildman–Crippen MR) is 59.8 cm³/mol. The van der Waals surface area contributed by atoms with Gasteiger partial charge in [-0.2, -0.15) is 0 Å². The summed E-state index contributed by atoms with van der Waals surface area (Å²) in [6, 6.07) is -0.209. The standard InChI is InChI=1S/C11H19NO5/c1-11(2,3)17-10(15)12-7-4-5-16-8(6-7)9(13)14/h7-8H,4-6H2,1-3H3,(H,12,15)(H,13,14)/t7-,8-/m0/s1. The summed E-state index contributed by atoms with van der Waals surface area (Å²) >= 11 is 0. The summed E-state index contributed by atoms with van der Waals surface area (Å²) in [4.78, 5) is 22.2. The van der Waals surface area contributed by atoms with Crippen molar-refractivity contribution in [1.82, 2.24) is 5.32 Å². The normalized spacial score (nSPS) is 25.1. The molecule has 1 saturated heterocycles. The Kier molecular flexibility index (Phi) is 4.34. The van der Waals surface area contributed by atoms with E-state index in [1.54, 1.807) is 20.8 Å². The Morgan fingerprint density at radius 1 is 1.41 bits per heavy atom. The third-order valence-electron chi connectivity index (χ3n) is 2.28. The summed E-state index contributed by atoms with van der Waals surface area (Å²) < 4.78 is 10.2. The lowest BCUT2D eigenvalue weighted by atomic mass is 10.0. The van der Waals surface area contributed by atoms with Gasteiger partial charge in [0.05, 0.1) is 0 Å². The van der Waals surface area contributed by atoms with Crippen LogP contribution < -0.4 is 5.32 Å². The fourth-order valence-electron chi connectivity index (χ4n) is 1.57. The number of carbonyl (C=O) groups excluding carboxylic acids is 1. The fraction of sp³-hybridized carbons (Fsp3) is 0.818. The molecule has 0 aromatic carbocycles. The fourth-order valence-corrected chi connectivity index (χ4v) is 1.57. The van der Waals surface area contributed by atoms with Gasteiger partial charge in [0.15, 0.2) is 6.10 Å². The highest BCUT2D eigenvalue weighted by Gasteiger charge is 2.29. The summed E-state index contributed by atoms with van der Waals surface area (Å²) in [5, 5.41) is 11.5. The van der Waals surface area contributed by atoms with Gasteiger partial charge in [0.1, 0.15) is 5.60 Å². The Hall–Kier alpha value is -1.30. The molecule has 0 bridgehead atoms. The van der Waals surface area contributed by atoms with Crippen molar-refractivity contribution in [2.45, 2.75) is 51.4 Å². The monoisotopic (exact) mass is 245 g/mol. The number of rotatable bonds is 2. The summed E-state index contributed by atoms with van der Waals surface area (Å²) in [5.74, 6) is -0.999. The van der Waals surface area contributed by atoms with Crippen LogP contribution in [0.15, 0.2) is 0 Å². The molecule has 0 aromatic heterocycles. The van der Waals surface area contributed by atoms with Crippen LogP contribution >= 0.6 is 0 Å². The number of carboxylic acids is 1. The van der Waals surface area contributed by atoms with Crippen LogP contribution in [0, 0.1) is 0 Å². The number of hydrogen-bond acceptors (Lipinski definition) is 4. The second-order valence-electron chi connectivity index (χ2n) is 5.07. The number of nitrogens with one attached hydrogen (secondary N) is 1. The van der Waals surface area contributed by atoms with E-state index in [2.05, 4.69) is 5.32 Å². The van der Waals surface area contributed by atoms with Crippen LogP contribution in [0.4, 0.5) is 4.79 Å². The van der Waals surface area contributed by atoms with Gasteiger partial charge in [-0.15, -0.1) is 0 Å². The van der Waals surface area contributed by atoms with E-state index in [4.69, 9.17) is 14.6 Å². The highest BCUT2D eigenvalue weighted by atomic mass is 16.6. The molecule has 0 saturated carbocycles. The summed E-state index contributed by atoms with van der Waals surface area (Å²) in [6.07, 6.45) is -0.491. The minimum absolute atomic E-state index is 0.209. The van der Waals surface area contributed by atoms with Gasteiger partial charge < -0.3 is 19.9 Å². The first-order valence-corrected chi connectivity index (χ1v) is 5.62. The number of alkyl carbamates (subject to hydrolysis) is 1. The van der Waals surface area contributed by atoms with Gasteiger partial charge in [0.25, 0.3) is 0 Å². The van der Waals surface area contributed by atoms with Gasteiger partial charge in [-0.25, -0.2) is 9.59 Å². The average Bonchev–Trinajstić information content (AvgIpc) is 2.14. The molecular weight excluding hydrogens is 226 g/mol. The van der Waals surface area contributed by atoms with Crippen molar-refractivity contribution in [2.75, 3.05) is 6.61 Å². The molecule has 17 heavy (non-hydrogen) atoms. The third-order valence-corrected chi connectivity index (χ3v) is 2.28. The quantitative estimate of drug-likeness (QED) is 0.762. The number of carboxylic acid groups (broad SMARTS) is 1. The molecule has 0 aromatic rings. The zero-order valence-electron chi connectivity index (χ0n) is 10.4. The van der Waals surface area contributed by atoms with Crippen LogP contribution in [0.5, 0.6) is 0 Å². The first-order chi connectivity index (χ1) is 7.78. The number of aliphatic carboxylic acids is 1. The van der Waals surface area contributed by atoms with E-state index in [0.29, 0.717) is 13.0 Å². The second-order valence-corrected chi connectivity index (χ2v) is 5.07. The molecule has 1 fully saturated rings. The average molecular weight is 245 g/mol. The van der Waals surface area contributed by atoms with Crippen molar-refractivity contribution in [3.63, 3.8) is 0 Å². The molecule has 1 aliphatic heterocycles. The van der Waals surface area contributed by atoms with E-state index in [1.165, 1.54) is 0 Å². The molecule has 1 heterocycles. The maximum Gasteiger partial charge on any atom is 0.407 e. The molecule has 1 amide bonds. The van der Waals surface area contributed by atoms with Crippen molar-refractivity contribution in [1.29, 1.82) is 0 Å². The molecular formula is C11H19NO5. The Labute approximate surface area is 100 Å². The molecule has 2 N–H and O–H groups in total. The van der Waals surface area contributed by atoms with Crippen molar-refractivity contribution in [2.24, 2.45) is 0 Å². The molecule has 6 heteroatoms. The highest BCUT2D eigenvalue weighted by Crippen LogP contribution is 2.15. The van der Waals surface area contributed by atoms with Crippen molar-refractivity contribution < 1.29 is 24.2 Å². The van der Waals surface area contributed by atoms with E-state index in [9.17, 15) is 9.59 Å². The van der Waals surface area contributed by atoms with Crippen LogP contribution in [0.1, 0.15) is 33.6 Å². The number of ether oxygens (including phenoxy) is 2. The minimum Gasteiger partial charge on any atom is -0.479 e. The molecule has 0 unspecified atom stereocenters. The predicted octanol–water partition coefficient (Wildman–Crippen LogP) is 1.14. The minimum atomic E-state index is -0.999. The Morgan fingerprint density at radius 2 is 2.06 bits per heavy atom. The van der Waals surface area contributed by atoms with E-state index in [-0.39, 0.29) is 12.5 Å². The van der Waals surface area contributed by atoms with Crippen LogP contribution in [-0.4, -0.2) is 41.5 Å². The zero-order valence-corrected chi connectivity index (χ0v) is 10.4. The summed E-state index contributed by atoms with van der Waals surface area (Å²) in [5.41, 5.74) is -0.554. The number of hydrogen-bond donors (Lipinski definition) is 2. The lowest BCUT2D eigenvalue weighted by molar-refractivity contribution is -0.154. The lowest BCUT2D eigenvalue weighted by Gasteiger charge is -2.28. The molecule has 6 nitrogen and oxygen atoms in total. The summed E-state index contributed by atoms with van der Waals surface area (Å²) in [7, 11) is 0. The van der Waals surface area contributed by atoms with Crippen LogP contribution in [-0.2, 0) is 14.3 Å². The zero-order chi connectivity index (χ0) is 13.1. The van der Waals surface area contributed by atoms with Gasteiger partial charge in [-0.3, -0.25) is 0 Å². The molecule has 0 aliphatic carbocycles. The Morgan fingerprint density at radius 3 is 2.59 bits per heavy atom. The maximum absolute atomic E-state index is 11.5. The van der Waals surface area contributed by atoms with E-state index < -0.39 is 23.8 Å². The van der Waals surface area contributed by atoms with Crippen molar-refractivity contribution in [3.05, 3.63) is 0 Å². The van der Waals surface area contributed by atoms with Crippen molar-refractivity contribution in [3.8, 4) is 0 Å². The van der Waals surface area contributed by atoms with Gasteiger partial charge >= 0.3 is 12.1 Å². The molecule has 0 spiro atoms. The maximum atomic E-state index is 11.5. The lowest BCUT2D eigenvalue weighted by Crippen LogP contribution is -2.45. The Balaban J connectivity index is 2.41. The number of amides is 1. The topological polar surface area (TPSA) is 84.9 Å². The molecule has 0 radical (unpaired) electrons. The van der Waals surface area contributed by atoms with Crippen LogP contribution in [0.3, 0.4) is 0 Å². The SMILES string of the molecule is CC(C)(C)OC(=O)N[C@H]1CCO[C@H](C(=O)O)C1. The first kappa shape index (κ1) is 13.8. The largest absolute Gasteiger partial charge is 0.479 e. The van der Waals surface area contributed by atoms with Gasteiger partial charge in [0, 0.05) is 19.1 Å². The van der Waals surface area contributed by atoms with Gasteiger partial charge in [-0.05, 0) is 27.2 Å². The van der Waals surface area contributed by atoms with E-state index in [1.807, 2.05) is 0 Å². The summed E-state index contributed by atoms with van der Waals surface area (Å²) in [6.45, 7) is 5.65. The van der Waals surface area contributed by atoms with Gasteiger partial charge in [-0.1, -0.05) is 0 Å². The molecule has 2 atom stereocenters.